The molecule has 1 saturated heterocycles. The molecule has 0 bridgehead atoms. The standard InChI is InChI=1S/C15H18F3N3.2ClH/c16-15(17,18)10-14(21-7-5-19-6-8-21)12-2-1-11-3-4-20-13(11)9-12;;/h1-4,9,14,19-20H,5-8,10H2;2*1H/t14-;;/m0../s1. The topological polar surface area (TPSA) is 31.1 Å². The van der Waals surface area contributed by atoms with Crippen LogP contribution in [0.25, 0.3) is 10.9 Å². The number of nitrogens with one attached hydrogen (secondary N) is 2. The van der Waals surface area contributed by atoms with E-state index in [4.69, 9.17) is 0 Å². The van der Waals surface area contributed by atoms with Crippen LogP contribution in [-0.4, -0.2) is 42.2 Å². The van der Waals surface area contributed by atoms with E-state index in [2.05, 4.69) is 10.3 Å². The Morgan fingerprint density at radius 1 is 1.09 bits per heavy atom. The minimum Gasteiger partial charge on any atom is -0.361 e. The lowest BCUT2D eigenvalue weighted by molar-refractivity contribution is -0.148. The van der Waals surface area contributed by atoms with Crippen LogP contribution < -0.4 is 5.32 Å². The van der Waals surface area contributed by atoms with Crippen LogP contribution in [0.3, 0.4) is 0 Å². The Morgan fingerprint density at radius 3 is 2.43 bits per heavy atom. The molecule has 2 heterocycles. The first-order valence-corrected chi connectivity index (χ1v) is 7.11. The highest BCUT2D eigenvalue weighted by molar-refractivity contribution is 5.85. The zero-order valence-electron chi connectivity index (χ0n) is 12.4. The van der Waals surface area contributed by atoms with E-state index in [1.807, 2.05) is 29.2 Å². The van der Waals surface area contributed by atoms with Gasteiger partial charge in [-0.3, -0.25) is 4.90 Å². The van der Waals surface area contributed by atoms with Gasteiger partial charge in [0.2, 0.25) is 0 Å². The van der Waals surface area contributed by atoms with Gasteiger partial charge < -0.3 is 10.3 Å². The second-order valence-electron chi connectivity index (χ2n) is 5.45. The molecule has 2 aromatic rings. The Morgan fingerprint density at radius 2 is 1.78 bits per heavy atom. The Labute approximate surface area is 145 Å². The number of nitrogens with zero attached hydrogens (tertiary/aromatic N) is 1. The monoisotopic (exact) mass is 369 g/mol. The Kier molecular flexibility index (Phi) is 7.20. The number of aromatic amines is 1. The fourth-order valence-electron chi connectivity index (χ4n) is 2.94. The van der Waals surface area contributed by atoms with Gasteiger partial charge in [0.1, 0.15) is 0 Å². The predicted octanol–water partition coefficient (Wildman–Crippen LogP) is 3.91. The Balaban J connectivity index is 0.00000132. The number of hydrogen-bond donors (Lipinski definition) is 2. The molecular weight excluding hydrogens is 350 g/mol. The van der Waals surface area contributed by atoms with Gasteiger partial charge in [0.15, 0.2) is 0 Å². The summed E-state index contributed by atoms with van der Waals surface area (Å²) in [6.45, 7) is 2.76. The Hall–Kier alpha value is -0.950. The van der Waals surface area contributed by atoms with Crippen molar-refractivity contribution >= 4 is 35.7 Å². The molecule has 1 fully saturated rings. The molecule has 0 amide bonds. The van der Waals surface area contributed by atoms with Crippen molar-refractivity contribution in [2.24, 2.45) is 0 Å². The highest BCUT2D eigenvalue weighted by Crippen LogP contribution is 2.34. The number of aromatic nitrogens is 1. The lowest BCUT2D eigenvalue weighted by Gasteiger charge is -2.35. The van der Waals surface area contributed by atoms with Crippen LogP contribution in [0.5, 0.6) is 0 Å². The van der Waals surface area contributed by atoms with Gasteiger partial charge >= 0.3 is 6.18 Å². The first-order chi connectivity index (χ1) is 10.0. The second-order valence-corrected chi connectivity index (χ2v) is 5.45. The van der Waals surface area contributed by atoms with Crippen LogP contribution in [0.2, 0.25) is 0 Å². The molecule has 2 N–H and O–H groups in total. The molecule has 0 spiro atoms. The third-order valence-electron chi connectivity index (χ3n) is 3.98. The van der Waals surface area contributed by atoms with Crippen LogP contribution in [0, 0.1) is 0 Å². The molecule has 23 heavy (non-hydrogen) atoms. The Bertz CT molecular complexity index is 609. The average Bonchev–Trinajstić information content (AvgIpc) is 2.92. The van der Waals surface area contributed by atoms with Gasteiger partial charge in [0.25, 0.3) is 0 Å². The number of hydrogen-bond acceptors (Lipinski definition) is 2. The molecule has 130 valence electrons. The number of piperazine rings is 1. The third-order valence-corrected chi connectivity index (χ3v) is 3.98. The van der Waals surface area contributed by atoms with Crippen molar-refractivity contribution in [3.8, 4) is 0 Å². The fourth-order valence-corrected chi connectivity index (χ4v) is 2.94. The average molecular weight is 370 g/mol. The van der Waals surface area contributed by atoms with E-state index in [-0.39, 0.29) is 24.8 Å². The van der Waals surface area contributed by atoms with Crippen molar-refractivity contribution < 1.29 is 13.2 Å². The molecule has 1 aliphatic heterocycles. The minimum atomic E-state index is -4.17. The van der Waals surface area contributed by atoms with Crippen LogP contribution in [0.15, 0.2) is 30.5 Å². The van der Waals surface area contributed by atoms with Gasteiger partial charge in [-0.2, -0.15) is 13.2 Å². The number of rotatable bonds is 3. The van der Waals surface area contributed by atoms with E-state index in [1.54, 1.807) is 6.20 Å². The summed E-state index contributed by atoms with van der Waals surface area (Å²) in [5.74, 6) is 0. The molecule has 1 aromatic carbocycles. The smallest absolute Gasteiger partial charge is 0.361 e. The highest BCUT2D eigenvalue weighted by atomic mass is 35.5. The van der Waals surface area contributed by atoms with Gasteiger partial charge in [0.05, 0.1) is 6.42 Å². The van der Waals surface area contributed by atoms with E-state index in [1.165, 1.54) is 0 Å². The molecule has 1 aliphatic rings. The van der Waals surface area contributed by atoms with Gasteiger partial charge in [-0.25, -0.2) is 0 Å². The van der Waals surface area contributed by atoms with E-state index in [9.17, 15) is 13.2 Å². The lowest BCUT2D eigenvalue weighted by atomic mass is 9.99. The molecule has 0 aliphatic carbocycles. The van der Waals surface area contributed by atoms with Crippen molar-refractivity contribution in [2.75, 3.05) is 26.2 Å². The highest BCUT2D eigenvalue weighted by Gasteiger charge is 2.36. The minimum absolute atomic E-state index is 0. The van der Waals surface area contributed by atoms with Gasteiger partial charge in [0, 0.05) is 43.9 Å². The van der Waals surface area contributed by atoms with E-state index in [0.29, 0.717) is 13.1 Å². The first-order valence-electron chi connectivity index (χ1n) is 7.11. The summed E-state index contributed by atoms with van der Waals surface area (Å²) >= 11 is 0. The molecule has 1 aromatic heterocycles. The zero-order valence-corrected chi connectivity index (χ0v) is 14.0. The van der Waals surface area contributed by atoms with Crippen molar-refractivity contribution in [2.45, 2.75) is 18.6 Å². The summed E-state index contributed by atoms with van der Waals surface area (Å²) < 4.78 is 38.9. The van der Waals surface area contributed by atoms with Crippen LogP contribution >= 0.6 is 24.8 Å². The van der Waals surface area contributed by atoms with Gasteiger partial charge in [-0.15, -0.1) is 24.8 Å². The fraction of sp³-hybridized carbons (Fsp3) is 0.467. The maximum atomic E-state index is 13.0. The second kappa shape index (κ2) is 8.24. The molecule has 3 rings (SSSR count). The molecule has 0 saturated carbocycles. The molecular formula is C15H20Cl2F3N3. The molecule has 3 nitrogen and oxygen atoms in total. The zero-order chi connectivity index (χ0) is 14.9. The summed E-state index contributed by atoms with van der Waals surface area (Å²) in [5, 5.41) is 4.20. The molecule has 0 radical (unpaired) electrons. The summed E-state index contributed by atoms with van der Waals surface area (Å²) in [5.41, 5.74) is 1.61. The quantitative estimate of drug-likeness (QED) is 0.859. The van der Waals surface area contributed by atoms with E-state index < -0.39 is 18.6 Å². The first kappa shape index (κ1) is 20.1. The summed E-state index contributed by atoms with van der Waals surface area (Å²) in [6, 6.07) is 6.84. The van der Waals surface area contributed by atoms with Crippen molar-refractivity contribution in [3.63, 3.8) is 0 Å². The number of fused-ring (bicyclic) bond motifs is 1. The largest absolute Gasteiger partial charge is 0.390 e. The summed E-state index contributed by atoms with van der Waals surface area (Å²) in [4.78, 5) is 4.99. The summed E-state index contributed by atoms with van der Waals surface area (Å²) in [7, 11) is 0. The number of H-pyrrole nitrogens is 1. The van der Waals surface area contributed by atoms with Crippen molar-refractivity contribution in [1.82, 2.24) is 15.2 Å². The number of benzene rings is 1. The van der Waals surface area contributed by atoms with E-state index in [0.717, 1.165) is 29.6 Å². The SMILES string of the molecule is Cl.Cl.FC(F)(F)C[C@@H](c1ccc2cc[nH]c2c1)N1CCNCC1. The third kappa shape index (κ3) is 5.01. The summed E-state index contributed by atoms with van der Waals surface area (Å²) in [6.07, 6.45) is -3.17. The van der Waals surface area contributed by atoms with Crippen molar-refractivity contribution in [3.05, 3.63) is 36.0 Å². The van der Waals surface area contributed by atoms with E-state index >= 15 is 0 Å². The molecule has 1 atom stereocenters. The van der Waals surface area contributed by atoms with Crippen LogP contribution in [0.4, 0.5) is 13.2 Å². The van der Waals surface area contributed by atoms with Gasteiger partial charge in [-0.05, 0) is 23.1 Å². The van der Waals surface area contributed by atoms with Crippen LogP contribution in [-0.2, 0) is 0 Å². The molecule has 8 heteroatoms. The van der Waals surface area contributed by atoms with Gasteiger partial charge in [-0.1, -0.05) is 12.1 Å². The molecule has 0 unspecified atom stereocenters. The normalized spacial score (nSPS) is 17.3. The predicted molar refractivity (Wildman–Crippen MR) is 90.7 cm³/mol. The van der Waals surface area contributed by atoms with Crippen LogP contribution in [0.1, 0.15) is 18.0 Å². The maximum absolute atomic E-state index is 13.0. The number of alkyl halides is 3. The maximum Gasteiger partial charge on any atom is 0.390 e. The lowest BCUT2D eigenvalue weighted by Crippen LogP contribution is -2.46. The van der Waals surface area contributed by atoms with Crippen molar-refractivity contribution in [1.29, 1.82) is 0 Å². The number of halogens is 5.